The van der Waals surface area contributed by atoms with E-state index in [-0.39, 0.29) is 17.3 Å². The van der Waals surface area contributed by atoms with Gasteiger partial charge in [-0.1, -0.05) is 0 Å². The zero-order valence-corrected chi connectivity index (χ0v) is 10.3. The molecular formula is C12H16F2N2O2. The number of ether oxygens (including phenoxy) is 1. The van der Waals surface area contributed by atoms with Crippen molar-refractivity contribution >= 4 is 11.6 Å². The van der Waals surface area contributed by atoms with Gasteiger partial charge in [-0.3, -0.25) is 4.79 Å². The number of methoxy groups -OCH3 is 1. The number of halogens is 2. The molecule has 6 heteroatoms. The van der Waals surface area contributed by atoms with Gasteiger partial charge in [-0.25, -0.2) is 8.78 Å². The fourth-order valence-corrected chi connectivity index (χ4v) is 1.48. The van der Waals surface area contributed by atoms with Gasteiger partial charge in [0.1, 0.15) is 11.6 Å². The van der Waals surface area contributed by atoms with Crippen molar-refractivity contribution in [3.8, 4) is 0 Å². The average Bonchev–Trinajstić information content (AvgIpc) is 2.29. The standard InChI is InChI=1S/C12H16F2N2O2/c1-7(3-4-18-2)16-11-5-8(12(15)17)9(13)6-10(11)14/h5-7,16H,3-4H2,1-2H3,(H2,15,17). The molecule has 0 heterocycles. The van der Waals surface area contributed by atoms with Gasteiger partial charge in [0.05, 0.1) is 11.3 Å². The Kier molecular flexibility index (Phi) is 5.03. The third-order valence-corrected chi connectivity index (χ3v) is 2.48. The SMILES string of the molecule is COCCC(C)Nc1cc(C(N)=O)c(F)cc1F. The van der Waals surface area contributed by atoms with Crippen LogP contribution in [0.3, 0.4) is 0 Å². The molecule has 1 unspecified atom stereocenters. The first-order valence-electron chi connectivity index (χ1n) is 5.50. The molecular weight excluding hydrogens is 242 g/mol. The van der Waals surface area contributed by atoms with E-state index < -0.39 is 17.5 Å². The summed E-state index contributed by atoms with van der Waals surface area (Å²) in [6.45, 7) is 2.34. The van der Waals surface area contributed by atoms with Gasteiger partial charge in [0.25, 0.3) is 5.91 Å². The third kappa shape index (κ3) is 3.66. The quantitative estimate of drug-likeness (QED) is 0.819. The smallest absolute Gasteiger partial charge is 0.251 e. The molecule has 1 aromatic rings. The molecule has 100 valence electrons. The number of nitrogens with one attached hydrogen (secondary N) is 1. The summed E-state index contributed by atoms with van der Waals surface area (Å²) in [5, 5.41) is 2.84. The number of carbonyl (C=O) groups excluding carboxylic acids is 1. The summed E-state index contributed by atoms with van der Waals surface area (Å²) in [7, 11) is 1.57. The summed E-state index contributed by atoms with van der Waals surface area (Å²) in [6, 6.07) is 1.65. The Bertz CT molecular complexity index is 438. The highest BCUT2D eigenvalue weighted by Crippen LogP contribution is 2.20. The molecule has 0 saturated carbocycles. The van der Waals surface area contributed by atoms with E-state index in [2.05, 4.69) is 5.32 Å². The summed E-state index contributed by atoms with van der Waals surface area (Å²) in [5.74, 6) is -2.66. The van der Waals surface area contributed by atoms with E-state index in [1.54, 1.807) is 7.11 Å². The molecule has 1 rings (SSSR count). The lowest BCUT2D eigenvalue weighted by atomic mass is 10.1. The van der Waals surface area contributed by atoms with Crippen molar-refractivity contribution < 1.29 is 18.3 Å². The maximum Gasteiger partial charge on any atom is 0.251 e. The molecule has 4 nitrogen and oxygen atoms in total. The minimum atomic E-state index is -0.963. The number of anilines is 1. The van der Waals surface area contributed by atoms with Crippen molar-refractivity contribution in [1.82, 2.24) is 0 Å². The number of benzene rings is 1. The Morgan fingerprint density at radius 2 is 2.11 bits per heavy atom. The Hall–Kier alpha value is -1.69. The Morgan fingerprint density at radius 1 is 1.44 bits per heavy atom. The van der Waals surface area contributed by atoms with Gasteiger partial charge in [0.15, 0.2) is 0 Å². The van der Waals surface area contributed by atoms with Crippen LogP contribution < -0.4 is 11.1 Å². The topological polar surface area (TPSA) is 64.3 Å². The minimum Gasteiger partial charge on any atom is -0.385 e. The highest BCUT2D eigenvalue weighted by atomic mass is 19.1. The zero-order valence-electron chi connectivity index (χ0n) is 10.3. The van der Waals surface area contributed by atoms with E-state index in [1.165, 1.54) is 0 Å². The highest BCUT2D eigenvalue weighted by Gasteiger charge is 2.15. The van der Waals surface area contributed by atoms with Gasteiger partial charge in [-0.2, -0.15) is 0 Å². The molecule has 0 aliphatic heterocycles. The Morgan fingerprint density at radius 3 is 2.67 bits per heavy atom. The molecule has 1 amide bonds. The van der Waals surface area contributed by atoms with E-state index in [4.69, 9.17) is 10.5 Å². The molecule has 1 aromatic carbocycles. The maximum atomic E-state index is 13.5. The number of hydrogen-bond acceptors (Lipinski definition) is 3. The van der Waals surface area contributed by atoms with Gasteiger partial charge >= 0.3 is 0 Å². The number of nitrogens with two attached hydrogens (primary N) is 1. The van der Waals surface area contributed by atoms with Crippen molar-refractivity contribution in [2.24, 2.45) is 5.73 Å². The lowest BCUT2D eigenvalue weighted by Crippen LogP contribution is -2.20. The fraction of sp³-hybridized carbons (Fsp3) is 0.417. The summed E-state index contributed by atoms with van der Waals surface area (Å²) >= 11 is 0. The lowest BCUT2D eigenvalue weighted by Gasteiger charge is -2.16. The fourth-order valence-electron chi connectivity index (χ4n) is 1.48. The second-order valence-electron chi connectivity index (χ2n) is 4.00. The van der Waals surface area contributed by atoms with E-state index in [0.29, 0.717) is 19.1 Å². The number of primary amides is 1. The predicted molar refractivity (Wildman–Crippen MR) is 64.5 cm³/mol. The van der Waals surface area contributed by atoms with Crippen LogP contribution in [0.4, 0.5) is 14.5 Å². The lowest BCUT2D eigenvalue weighted by molar-refractivity contribution is 0.0996. The van der Waals surface area contributed by atoms with E-state index in [0.717, 1.165) is 6.07 Å². The first-order valence-corrected chi connectivity index (χ1v) is 5.50. The van der Waals surface area contributed by atoms with Crippen molar-refractivity contribution in [2.75, 3.05) is 19.0 Å². The average molecular weight is 258 g/mol. The molecule has 0 saturated heterocycles. The Labute approximate surface area is 104 Å². The van der Waals surface area contributed by atoms with Gasteiger partial charge in [-0.05, 0) is 19.4 Å². The largest absolute Gasteiger partial charge is 0.385 e. The van der Waals surface area contributed by atoms with Crippen LogP contribution in [-0.2, 0) is 4.74 Å². The van der Waals surface area contributed by atoms with Crippen LogP contribution in [0.2, 0.25) is 0 Å². The molecule has 0 radical (unpaired) electrons. The molecule has 18 heavy (non-hydrogen) atoms. The molecule has 0 aliphatic rings. The van der Waals surface area contributed by atoms with Crippen molar-refractivity contribution in [3.63, 3.8) is 0 Å². The van der Waals surface area contributed by atoms with Gasteiger partial charge in [-0.15, -0.1) is 0 Å². The summed E-state index contributed by atoms with van der Waals surface area (Å²) in [5.41, 5.74) is 4.71. The van der Waals surface area contributed by atoms with Crippen LogP contribution in [0, 0.1) is 11.6 Å². The molecule has 0 fully saturated rings. The van der Waals surface area contributed by atoms with Gasteiger partial charge < -0.3 is 15.8 Å². The number of amides is 1. The van der Waals surface area contributed by atoms with Crippen molar-refractivity contribution in [3.05, 3.63) is 29.3 Å². The number of hydrogen-bond donors (Lipinski definition) is 2. The first kappa shape index (κ1) is 14.4. The summed E-state index contributed by atoms with van der Waals surface area (Å²) in [6.07, 6.45) is 0.652. The zero-order chi connectivity index (χ0) is 13.7. The molecule has 1 atom stereocenters. The predicted octanol–water partition coefficient (Wildman–Crippen LogP) is 1.90. The second-order valence-corrected chi connectivity index (χ2v) is 4.00. The second kappa shape index (κ2) is 6.30. The Balaban J connectivity index is 2.88. The van der Waals surface area contributed by atoms with Crippen molar-refractivity contribution in [1.29, 1.82) is 0 Å². The van der Waals surface area contributed by atoms with Gasteiger partial charge in [0.2, 0.25) is 0 Å². The van der Waals surface area contributed by atoms with Crippen LogP contribution in [-0.4, -0.2) is 25.7 Å². The van der Waals surface area contributed by atoms with Gasteiger partial charge in [0, 0.05) is 25.8 Å². The number of carbonyl (C=O) groups is 1. The summed E-state index contributed by atoms with van der Waals surface area (Å²) in [4.78, 5) is 11.0. The number of rotatable bonds is 6. The highest BCUT2D eigenvalue weighted by molar-refractivity contribution is 5.94. The van der Waals surface area contributed by atoms with Crippen LogP contribution in [0.25, 0.3) is 0 Å². The summed E-state index contributed by atoms with van der Waals surface area (Å²) < 4.78 is 31.6. The monoisotopic (exact) mass is 258 g/mol. The first-order chi connectivity index (χ1) is 8.45. The molecule has 3 N–H and O–H groups in total. The minimum absolute atomic E-state index is 0.0498. The maximum absolute atomic E-state index is 13.5. The molecule has 0 bridgehead atoms. The molecule has 0 aromatic heterocycles. The van der Waals surface area contributed by atoms with Crippen LogP contribution >= 0.6 is 0 Å². The van der Waals surface area contributed by atoms with Crippen LogP contribution in [0.5, 0.6) is 0 Å². The third-order valence-electron chi connectivity index (χ3n) is 2.48. The molecule has 0 aliphatic carbocycles. The van der Waals surface area contributed by atoms with Crippen molar-refractivity contribution in [2.45, 2.75) is 19.4 Å². The van der Waals surface area contributed by atoms with E-state index >= 15 is 0 Å². The van der Waals surface area contributed by atoms with E-state index in [1.807, 2.05) is 6.92 Å². The molecule has 0 spiro atoms. The van der Waals surface area contributed by atoms with E-state index in [9.17, 15) is 13.6 Å². The normalized spacial score (nSPS) is 12.2. The van der Waals surface area contributed by atoms with Crippen LogP contribution in [0.1, 0.15) is 23.7 Å². The van der Waals surface area contributed by atoms with Crippen LogP contribution in [0.15, 0.2) is 12.1 Å².